The topological polar surface area (TPSA) is 43.2 Å². The highest BCUT2D eigenvalue weighted by molar-refractivity contribution is 5.83. The Hall–Kier alpha value is -3.92. The van der Waals surface area contributed by atoms with Crippen LogP contribution in [0, 0.1) is 0 Å². The fraction of sp³-hybridized carbons (Fsp3) is 0.0769. The first-order valence-corrected chi connectivity index (χ1v) is 9.68. The molecule has 30 heavy (non-hydrogen) atoms. The molecule has 0 saturated carbocycles. The van der Waals surface area contributed by atoms with Gasteiger partial charge in [0.05, 0.1) is 36.7 Å². The van der Waals surface area contributed by atoms with E-state index in [2.05, 4.69) is 10.2 Å². The summed E-state index contributed by atoms with van der Waals surface area (Å²) in [5.41, 5.74) is 5.35. The number of rotatable bonds is 6. The molecule has 0 atom stereocenters. The van der Waals surface area contributed by atoms with Crippen LogP contribution in [0.5, 0.6) is 11.5 Å². The summed E-state index contributed by atoms with van der Waals surface area (Å²) in [4.78, 5) is 0. The summed E-state index contributed by atoms with van der Waals surface area (Å²) in [7, 11) is 3.33. The lowest BCUT2D eigenvalue weighted by Crippen LogP contribution is -1.89. The highest BCUT2D eigenvalue weighted by atomic mass is 16.5. The van der Waals surface area contributed by atoms with Crippen LogP contribution in [-0.2, 0) is 0 Å². The minimum absolute atomic E-state index is 0.738. The molecule has 0 amide bonds. The number of nitrogens with zero attached hydrogens (tertiary/aromatic N) is 2. The zero-order chi connectivity index (χ0) is 20.8. The van der Waals surface area contributed by atoms with E-state index < -0.39 is 0 Å². The highest BCUT2D eigenvalue weighted by Crippen LogP contribution is 2.42. The van der Waals surface area contributed by atoms with Gasteiger partial charge in [-0.05, 0) is 35.4 Å². The maximum Gasteiger partial charge on any atom is 0.128 e. The average Bonchev–Trinajstić information content (AvgIpc) is 2.83. The fourth-order valence-corrected chi connectivity index (χ4v) is 3.44. The highest BCUT2D eigenvalue weighted by Gasteiger charge is 2.13. The number of ether oxygens (including phenoxy) is 2. The van der Waals surface area contributed by atoms with Crippen LogP contribution in [0.15, 0.2) is 107 Å². The Morgan fingerprint density at radius 2 is 0.867 bits per heavy atom. The summed E-state index contributed by atoms with van der Waals surface area (Å²) < 4.78 is 11.2. The first kappa shape index (κ1) is 19.4. The molecule has 0 bridgehead atoms. The molecule has 0 N–H and O–H groups in total. The van der Waals surface area contributed by atoms with Gasteiger partial charge in [0, 0.05) is 0 Å². The second kappa shape index (κ2) is 9.05. The normalized spacial score (nSPS) is 10.9. The molecule has 0 aliphatic rings. The maximum atomic E-state index is 5.60. The number of azo groups is 1. The SMILES string of the molecule is COc1cccc(N=Nc2cccc(OC)c2-c2ccccc2)c1-c1ccccc1. The smallest absolute Gasteiger partial charge is 0.128 e. The van der Waals surface area contributed by atoms with E-state index >= 15 is 0 Å². The molecular weight excluding hydrogens is 372 g/mol. The molecule has 0 aliphatic carbocycles. The molecule has 0 unspecified atom stereocenters. The molecule has 0 saturated heterocycles. The third-order valence-electron chi connectivity index (χ3n) is 4.84. The molecule has 0 aliphatic heterocycles. The fourth-order valence-electron chi connectivity index (χ4n) is 3.44. The van der Waals surface area contributed by atoms with Crippen molar-refractivity contribution in [3.05, 3.63) is 97.1 Å². The van der Waals surface area contributed by atoms with Gasteiger partial charge in [0.25, 0.3) is 0 Å². The molecule has 4 aromatic rings. The van der Waals surface area contributed by atoms with Crippen LogP contribution in [0.2, 0.25) is 0 Å². The molecule has 4 heteroatoms. The Balaban J connectivity index is 1.83. The van der Waals surface area contributed by atoms with Gasteiger partial charge < -0.3 is 9.47 Å². The number of hydrogen-bond acceptors (Lipinski definition) is 4. The second-order valence-corrected chi connectivity index (χ2v) is 6.64. The van der Waals surface area contributed by atoms with Crippen LogP contribution < -0.4 is 9.47 Å². The van der Waals surface area contributed by atoms with Gasteiger partial charge >= 0.3 is 0 Å². The lowest BCUT2D eigenvalue weighted by molar-refractivity contribution is 0.416. The molecular formula is C26H22N2O2. The van der Waals surface area contributed by atoms with Crippen molar-refractivity contribution in [2.75, 3.05) is 14.2 Å². The number of benzene rings is 4. The molecule has 4 aromatic carbocycles. The van der Waals surface area contributed by atoms with Gasteiger partial charge in [0.15, 0.2) is 0 Å². The van der Waals surface area contributed by atoms with Gasteiger partial charge in [-0.15, -0.1) is 10.2 Å². The van der Waals surface area contributed by atoms with E-state index in [9.17, 15) is 0 Å². The molecule has 0 spiro atoms. The zero-order valence-electron chi connectivity index (χ0n) is 16.9. The predicted octanol–water partition coefficient (Wildman–Crippen LogP) is 7.45. The van der Waals surface area contributed by atoms with Gasteiger partial charge in [0.1, 0.15) is 11.5 Å². The van der Waals surface area contributed by atoms with E-state index in [1.54, 1.807) is 14.2 Å². The van der Waals surface area contributed by atoms with E-state index in [0.29, 0.717) is 0 Å². The lowest BCUT2D eigenvalue weighted by atomic mass is 10.0. The van der Waals surface area contributed by atoms with Gasteiger partial charge in [-0.2, -0.15) is 0 Å². The number of hydrogen-bond donors (Lipinski definition) is 0. The summed E-state index contributed by atoms with van der Waals surface area (Å²) in [6, 6.07) is 31.7. The van der Waals surface area contributed by atoms with E-state index in [0.717, 1.165) is 45.1 Å². The zero-order valence-corrected chi connectivity index (χ0v) is 16.9. The van der Waals surface area contributed by atoms with Crippen LogP contribution in [0.1, 0.15) is 0 Å². The monoisotopic (exact) mass is 394 g/mol. The van der Waals surface area contributed by atoms with Crippen LogP contribution in [-0.4, -0.2) is 14.2 Å². The molecule has 4 nitrogen and oxygen atoms in total. The van der Waals surface area contributed by atoms with E-state index in [-0.39, 0.29) is 0 Å². The van der Waals surface area contributed by atoms with Crippen LogP contribution in [0.25, 0.3) is 22.3 Å². The van der Waals surface area contributed by atoms with Crippen molar-refractivity contribution in [1.29, 1.82) is 0 Å². The molecule has 0 heterocycles. The van der Waals surface area contributed by atoms with Crippen molar-refractivity contribution in [3.8, 4) is 33.8 Å². The molecule has 4 rings (SSSR count). The molecule has 148 valence electrons. The van der Waals surface area contributed by atoms with Crippen molar-refractivity contribution in [3.63, 3.8) is 0 Å². The quantitative estimate of drug-likeness (QED) is 0.319. The third kappa shape index (κ3) is 3.94. The van der Waals surface area contributed by atoms with Gasteiger partial charge in [-0.1, -0.05) is 72.8 Å². The predicted molar refractivity (Wildman–Crippen MR) is 121 cm³/mol. The summed E-state index contributed by atoms with van der Waals surface area (Å²) in [6.45, 7) is 0. The Morgan fingerprint density at radius 3 is 1.23 bits per heavy atom. The minimum atomic E-state index is 0.738. The minimum Gasteiger partial charge on any atom is -0.496 e. The van der Waals surface area contributed by atoms with Crippen molar-refractivity contribution in [2.24, 2.45) is 10.2 Å². The average molecular weight is 394 g/mol. The van der Waals surface area contributed by atoms with Crippen molar-refractivity contribution in [1.82, 2.24) is 0 Å². The Kier molecular flexibility index (Phi) is 5.85. The summed E-state index contributed by atoms with van der Waals surface area (Å²) >= 11 is 0. The largest absolute Gasteiger partial charge is 0.496 e. The Morgan fingerprint density at radius 1 is 0.467 bits per heavy atom. The Bertz CT molecular complexity index is 1060. The lowest BCUT2D eigenvalue weighted by Gasteiger charge is -2.12. The number of methoxy groups -OCH3 is 2. The van der Waals surface area contributed by atoms with Crippen LogP contribution in [0.3, 0.4) is 0 Å². The first-order valence-electron chi connectivity index (χ1n) is 9.68. The van der Waals surface area contributed by atoms with E-state index in [4.69, 9.17) is 9.47 Å². The summed E-state index contributed by atoms with van der Waals surface area (Å²) in [5.74, 6) is 1.51. The van der Waals surface area contributed by atoms with Gasteiger partial charge in [-0.25, -0.2) is 0 Å². The molecule has 0 fully saturated rings. The van der Waals surface area contributed by atoms with Gasteiger partial charge in [-0.3, -0.25) is 0 Å². The van der Waals surface area contributed by atoms with E-state index in [1.165, 1.54) is 0 Å². The van der Waals surface area contributed by atoms with E-state index in [1.807, 2.05) is 97.1 Å². The van der Waals surface area contributed by atoms with Crippen molar-refractivity contribution >= 4 is 11.4 Å². The second-order valence-electron chi connectivity index (χ2n) is 6.64. The van der Waals surface area contributed by atoms with Crippen LogP contribution in [0.4, 0.5) is 11.4 Å². The van der Waals surface area contributed by atoms with Crippen molar-refractivity contribution < 1.29 is 9.47 Å². The Labute approximate surface area is 176 Å². The molecule has 0 aromatic heterocycles. The summed E-state index contributed by atoms with van der Waals surface area (Å²) in [5, 5.41) is 9.22. The van der Waals surface area contributed by atoms with Gasteiger partial charge in [0.2, 0.25) is 0 Å². The molecule has 0 radical (unpaired) electrons. The van der Waals surface area contributed by atoms with Crippen molar-refractivity contribution in [2.45, 2.75) is 0 Å². The summed E-state index contributed by atoms with van der Waals surface area (Å²) in [6.07, 6.45) is 0. The first-order chi connectivity index (χ1) is 14.8. The standard InChI is InChI=1S/C26H22N2O2/c1-29-23-17-9-15-21(25(23)19-11-5-3-6-12-19)27-28-22-16-10-18-24(30-2)26(22)20-13-7-4-8-14-20/h3-18H,1-2H3. The maximum absolute atomic E-state index is 5.60. The third-order valence-corrected chi connectivity index (χ3v) is 4.84. The van der Waals surface area contributed by atoms with Crippen LogP contribution >= 0.6 is 0 Å².